The van der Waals surface area contributed by atoms with Crippen molar-refractivity contribution in [3.63, 3.8) is 0 Å². The Hall–Kier alpha value is -1.48. The third kappa shape index (κ3) is 2.76. The number of methoxy groups -OCH3 is 1. The van der Waals surface area contributed by atoms with Gasteiger partial charge in [-0.3, -0.25) is 0 Å². The Labute approximate surface area is 118 Å². The van der Waals surface area contributed by atoms with E-state index in [0.29, 0.717) is 5.02 Å². The van der Waals surface area contributed by atoms with Crippen LogP contribution >= 0.6 is 11.6 Å². The Morgan fingerprint density at radius 2 is 2.11 bits per heavy atom. The number of pyridine rings is 1. The number of anilines is 1. The van der Waals surface area contributed by atoms with Crippen molar-refractivity contribution in [2.24, 2.45) is 0 Å². The molecule has 2 rings (SSSR count). The molecule has 3 nitrogen and oxygen atoms in total. The summed E-state index contributed by atoms with van der Waals surface area (Å²) in [5.74, 6) is 1.73. The fourth-order valence-electron chi connectivity index (χ4n) is 2.09. The van der Waals surface area contributed by atoms with E-state index < -0.39 is 0 Å². The largest absolute Gasteiger partial charge is 0.496 e. The highest BCUT2D eigenvalue weighted by Crippen LogP contribution is 2.33. The van der Waals surface area contributed by atoms with Crippen LogP contribution in [0.2, 0.25) is 5.02 Å². The minimum Gasteiger partial charge on any atom is -0.496 e. The van der Waals surface area contributed by atoms with Gasteiger partial charge in [0.2, 0.25) is 0 Å². The second-order valence-corrected chi connectivity index (χ2v) is 4.83. The van der Waals surface area contributed by atoms with Gasteiger partial charge in [0.05, 0.1) is 17.6 Å². The molecule has 0 bridgehead atoms. The van der Waals surface area contributed by atoms with Crippen molar-refractivity contribution in [3.8, 4) is 5.75 Å². The first-order chi connectivity index (χ1) is 9.21. The predicted octanol–water partition coefficient (Wildman–Crippen LogP) is 4.28. The molecule has 0 saturated heterocycles. The molecule has 0 unspecified atom stereocenters. The summed E-state index contributed by atoms with van der Waals surface area (Å²) < 4.78 is 5.38. The van der Waals surface area contributed by atoms with Gasteiger partial charge < -0.3 is 10.1 Å². The number of aryl methyl sites for hydroxylation is 1. The van der Waals surface area contributed by atoms with Gasteiger partial charge in [-0.25, -0.2) is 4.98 Å². The molecule has 102 valence electrons. The van der Waals surface area contributed by atoms with Crippen LogP contribution in [0.15, 0.2) is 18.2 Å². The zero-order valence-corrected chi connectivity index (χ0v) is 12.3. The summed E-state index contributed by atoms with van der Waals surface area (Å²) in [5.41, 5.74) is 1.97. The molecule has 2 aromatic rings. The van der Waals surface area contributed by atoms with E-state index in [1.807, 2.05) is 12.1 Å². The number of rotatable bonds is 5. The first kappa shape index (κ1) is 13.9. The summed E-state index contributed by atoms with van der Waals surface area (Å²) in [6, 6.07) is 5.82. The van der Waals surface area contributed by atoms with Gasteiger partial charge in [0.25, 0.3) is 0 Å². The lowest BCUT2D eigenvalue weighted by Crippen LogP contribution is -2.05. The Kier molecular flexibility index (Phi) is 4.48. The molecule has 0 aliphatic rings. The molecule has 0 radical (unpaired) electrons. The number of aromatic nitrogens is 1. The van der Waals surface area contributed by atoms with Crippen molar-refractivity contribution < 1.29 is 4.74 Å². The molecule has 1 aromatic carbocycles. The molecule has 0 amide bonds. The average Bonchev–Trinajstić information content (AvgIpc) is 2.45. The van der Waals surface area contributed by atoms with E-state index in [0.717, 1.165) is 41.9 Å². The quantitative estimate of drug-likeness (QED) is 0.886. The molecule has 0 aliphatic heterocycles. The molecule has 0 atom stereocenters. The Balaban J connectivity index is 2.62. The van der Waals surface area contributed by atoms with Crippen LogP contribution in [-0.2, 0) is 6.42 Å². The molecular formula is C15H19ClN2O. The molecular weight excluding hydrogens is 260 g/mol. The lowest BCUT2D eigenvalue weighted by Gasteiger charge is -2.13. The molecule has 4 heteroatoms. The van der Waals surface area contributed by atoms with E-state index >= 15 is 0 Å². The summed E-state index contributed by atoms with van der Waals surface area (Å²) in [6.07, 6.45) is 1.99. The third-order valence-corrected chi connectivity index (χ3v) is 3.42. The number of nitrogens with one attached hydrogen (secondary N) is 1. The third-order valence-electron chi connectivity index (χ3n) is 3.12. The maximum atomic E-state index is 6.24. The number of hydrogen-bond donors (Lipinski definition) is 1. The van der Waals surface area contributed by atoms with Gasteiger partial charge >= 0.3 is 0 Å². The lowest BCUT2D eigenvalue weighted by molar-refractivity contribution is 0.419. The standard InChI is InChI=1S/C15H19ClN2O/c1-4-8-17-15-10(5-2)9-11-13(19-3)7-6-12(16)14(11)18-15/h6-7,9H,4-5,8H2,1-3H3,(H,17,18). The summed E-state index contributed by atoms with van der Waals surface area (Å²) in [5, 5.41) is 4.98. The molecule has 1 heterocycles. The number of hydrogen-bond acceptors (Lipinski definition) is 3. The molecule has 0 saturated carbocycles. The molecule has 0 aliphatic carbocycles. The first-order valence-corrected chi connectivity index (χ1v) is 6.99. The van der Waals surface area contributed by atoms with E-state index in [9.17, 15) is 0 Å². The second-order valence-electron chi connectivity index (χ2n) is 4.42. The van der Waals surface area contributed by atoms with Crippen molar-refractivity contribution in [1.29, 1.82) is 0 Å². The van der Waals surface area contributed by atoms with Crippen molar-refractivity contribution in [3.05, 3.63) is 28.8 Å². The van der Waals surface area contributed by atoms with Crippen LogP contribution in [0.3, 0.4) is 0 Å². The fourth-order valence-corrected chi connectivity index (χ4v) is 2.29. The van der Waals surface area contributed by atoms with E-state index in [1.165, 1.54) is 5.56 Å². The Bertz CT molecular complexity index is 584. The van der Waals surface area contributed by atoms with E-state index in [4.69, 9.17) is 16.3 Å². The van der Waals surface area contributed by atoms with Gasteiger partial charge in [0.1, 0.15) is 11.6 Å². The number of halogens is 1. The summed E-state index contributed by atoms with van der Waals surface area (Å²) >= 11 is 6.24. The minimum absolute atomic E-state index is 0.651. The van der Waals surface area contributed by atoms with Crippen molar-refractivity contribution in [2.45, 2.75) is 26.7 Å². The lowest BCUT2D eigenvalue weighted by atomic mass is 10.1. The maximum absolute atomic E-state index is 6.24. The van der Waals surface area contributed by atoms with Crippen molar-refractivity contribution >= 4 is 28.3 Å². The number of nitrogens with zero attached hydrogens (tertiary/aromatic N) is 1. The summed E-state index contributed by atoms with van der Waals surface area (Å²) in [7, 11) is 1.66. The van der Waals surface area contributed by atoms with Crippen LogP contribution in [0, 0.1) is 0 Å². The first-order valence-electron chi connectivity index (χ1n) is 6.61. The van der Waals surface area contributed by atoms with Crippen LogP contribution < -0.4 is 10.1 Å². The molecule has 0 fully saturated rings. The Morgan fingerprint density at radius 3 is 2.74 bits per heavy atom. The fraction of sp³-hybridized carbons (Fsp3) is 0.400. The monoisotopic (exact) mass is 278 g/mol. The van der Waals surface area contributed by atoms with Gasteiger partial charge in [0.15, 0.2) is 0 Å². The van der Waals surface area contributed by atoms with Crippen LogP contribution in [0.5, 0.6) is 5.75 Å². The normalized spacial score (nSPS) is 10.7. The molecule has 0 spiro atoms. The highest BCUT2D eigenvalue weighted by atomic mass is 35.5. The smallest absolute Gasteiger partial charge is 0.129 e. The number of ether oxygens (including phenoxy) is 1. The van der Waals surface area contributed by atoms with Crippen LogP contribution in [0.1, 0.15) is 25.8 Å². The van der Waals surface area contributed by atoms with Gasteiger partial charge in [-0.1, -0.05) is 25.4 Å². The van der Waals surface area contributed by atoms with Crippen LogP contribution in [-0.4, -0.2) is 18.6 Å². The van der Waals surface area contributed by atoms with Gasteiger partial charge in [0, 0.05) is 11.9 Å². The zero-order chi connectivity index (χ0) is 13.8. The average molecular weight is 279 g/mol. The summed E-state index contributed by atoms with van der Waals surface area (Å²) in [4.78, 5) is 4.67. The maximum Gasteiger partial charge on any atom is 0.129 e. The molecule has 19 heavy (non-hydrogen) atoms. The highest BCUT2D eigenvalue weighted by Gasteiger charge is 2.11. The van der Waals surface area contributed by atoms with E-state index in [-0.39, 0.29) is 0 Å². The Morgan fingerprint density at radius 1 is 1.32 bits per heavy atom. The van der Waals surface area contributed by atoms with Gasteiger partial charge in [-0.2, -0.15) is 0 Å². The number of benzene rings is 1. The van der Waals surface area contributed by atoms with Gasteiger partial charge in [-0.05, 0) is 36.6 Å². The van der Waals surface area contributed by atoms with Crippen molar-refractivity contribution in [2.75, 3.05) is 19.0 Å². The zero-order valence-electron chi connectivity index (χ0n) is 11.6. The van der Waals surface area contributed by atoms with E-state index in [2.05, 4.69) is 30.2 Å². The predicted molar refractivity (Wildman–Crippen MR) is 81.5 cm³/mol. The minimum atomic E-state index is 0.651. The molecule has 1 N–H and O–H groups in total. The van der Waals surface area contributed by atoms with E-state index in [1.54, 1.807) is 7.11 Å². The number of fused-ring (bicyclic) bond motifs is 1. The van der Waals surface area contributed by atoms with Gasteiger partial charge in [-0.15, -0.1) is 0 Å². The highest BCUT2D eigenvalue weighted by molar-refractivity contribution is 6.35. The van der Waals surface area contributed by atoms with Crippen LogP contribution in [0.4, 0.5) is 5.82 Å². The SMILES string of the molecule is CCCNc1nc2c(Cl)ccc(OC)c2cc1CC. The molecule has 1 aromatic heterocycles. The summed E-state index contributed by atoms with van der Waals surface area (Å²) in [6.45, 7) is 5.17. The van der Waals surface area contributed by atoms with Crippen LogP contribution in [0.25, 0.3) is 10.9 Å². The van der Waals surface area contributed by atoms with Crippen molar-refractivity contribution in [1.82, 2.24) is 4.98 Å². The second kappa shape index (κ2) is 6.11. The topological polar surface area (TPSA) is 34.2 Å².